The Morgan fingerprint density at radius 2 is 1.73 bits per heavy atom. The van der Waals surface area contributed by atoms with Crippen molar-refractivity contribution in [3.8, 4) is 0 Å². The number of carbonyl (C=O) groups excluding carboxylic acids is 1. The minimum absolute atomic E-state index is 0.0952. The molecule has 0 bridgehead atoms. The molecule has 1 aromatic carbocycles. The van der Waals surface area contributed by atoms with Crippen molar-refractivity contribution in [1.29, 1.82) is 0 Å². The fraction of sp³-hybridized carbons (Fsp3) is 0.448. The predicted molar refractivity (Wildman–Crippen MR) is 133 cm³/mol. The highest BCUT2D eigenvalue weighted by atomic mass is 16.4. The first-order valence-corrected chi connectivity index (χ1v) is 12.0. The maximum Gasteiger partial charge on any atom is 0.289 e. The number of amides is 1. The van der Waals surface area contributed by atoms with E-state index in [1.807, 2.05) is 31.3 Å². The van der Waals surface area contributed by atoms with Crippen LogP contribution in [0, 0.1) is 6.92 Å². The molecule has 4 nitrogen and oxygen atoms in total. The van der Waals surface area contributed by atoms with Gasteiger partial charge in [0.25, 0.3) is 5.91 Å². The van der Waals surface area contributed by atoms with E-state index in [1.165, 1.54) is 35.1 Å². The van der Waals surface area contributed by atoms with Crippen molar-refractivity contribution < 1.29 is 9.21 Å². The van der Waals surface area contributed by atoms with Crippen LogP contribution in [0.4, 0.5) is 0 Å². The van der Waals surface area contributed by atoms with Crippen LogP contribution in [0.15, 0.2) is 53.1 Å². The molecule has 0 atom stereocenters. The maximum absolute atomic E-state index is 12.9. The normalized spacial score (nSPS) is 16.3. The standard InChI is InChI=1S/C29H36N2O2/c1-20-17-24-25(29(4,5)14-13-28(24,2)3)19-21(20)18-23-10-11-26(33-23)27(32)31(6)16-12-22-9-7-8-15-30-22/h7-11,15,17,19H,12-14,16,18H2,1-6H3. The summed E-state index contributed by atoms with van der Waals surface area (Å²) in [6.45, 7) is 12.2. The first-order chi connectivity index (χ1) is 15.6. The predicted octanol–water partition coefficient (Wildman–Crippen LogP) is 6.24. The van der Waals surface area contributed by atoms with Gasteiger partial charge in [-0.2, -0.15) is 0 Å². The number of furan rings is 1. The van der Waals surface area contributed by atoms with Gasteiger partial charge in [-0.25, -0.2) is 0 Å². The summed E-state index contributed by atoms with van der Waals surface area (Å²) in [5, 5.41) is 0. The lowest BCUT2D eigenvalue weighted by atomic mass is 9.62. The molecule has 33 heavy (non-hydrogen) atoms. The number of pyridine rings is 1. The Kier molecular flexibility index (Phi) is 6.22. The van der Waals surface area contributed by atoms with E-state index >= 15 is 0 Å². The van der Waals surface area contributed by atoms with E-state index < -0.39 is 0 Å². The summed E-state index contributed by atoms with van der Waals surface area (Å²) in [5.41, 5.74) is 6.85. The first-order valence-electron chi connectivity index (χ1n) is 12.0. The van der Waals surface area contributed by atoms with Crippen molar-refractivity contribution in [2.45, 2.75) is 71.1 Å². The number of likely N-dealkylation sites (N-methyl/N-ethyl adjacent to an activating group) is 1. The van der Waals surface area contributed by atoms with Crippen LogP contribution >= 0.6 is 0 Å². The molecule has 0 unspecified atom stereocenters. The number of aromatic nitrogens is 1. The van der Waals surface area contributed by atoms with Crippen molar-refractivity contribution in [3.63, 3.8) is 0 Å². The van der Waals surface area contributed by atoms with Crippen LogP contribution in [0.25, 0.3) is 0 Å². The monoisotopic (exact) mass is 444 g/mol. The Morgan fingerprint density at radius 3 is 2.39 bits per heavy atom. The number of benzene rings is 1. The molecule has 1 aliphatic carbocycles. The van der Waals surface area contributed by atoms with Crippen molar-refractivity contribution in [2.75, 3.05) is 13.6 Å². The molecule has 0 spiro atoms. The van der Waals surface area contributed by atoms with Gasteiger partial charge in [0.1, 0.15) is 5.76 Å². The lowest BCUT2D eigenvalue weighted by Crippen LogP contribution is -2.34. The number of hydrogen-bond donors (Lipinski definition) is 0. The van der Waals surface area contributed by atoms with Gasteiger partial charge in [0.05, 0.1) is 0 Å². The van der Waals surface area contributed by atoms with Crippen LogP contribution in [0.1, 0.15) is 84.8 Å². The van der Waals surface area contributed by atoms with E-state index in [0.29, 0.717) is 18.7 Å². The molecule has 2 aromatic heterocycles. The van der Waals surface area contributed by atoms with E-state index in [1.54, 1.807) is 17.2 Å². The topological polar surface area (TPSA) is 46.3 Å². The summed E-state index contributed by atoms with van der Waals surface area (Å²) in [6, 6.07) is 14.3. The Morgan fingerprint density at radius 1 is 1.03 bits per heavy atom. The SMILES string of the molecule is Cc1cc2c(cc1Cc1ccc(C(=O)N(C)CCc3ccccn3)o1)C(C)(C)CCC2(C)C. The zero-order valence-corrected chi connectivity index (χ0v) is 20.9. The molecule has 4 rings (SSSR count). The maximum atomic E-state index is 12.9. The zero-order chi connectivity index (χ0) is 23.8. The van der Waals surface area contributed by atoms with Gasteiger partial charge in [-0.3, -0.25) is 9.78 Å². The van der Waals surface area contributed by atoms with Crippen LogP contribution in [0.3, 0.4) is 0 Å². The van der Waals surface area contributed by atoms with E-state index in [4.69, 9.17) is 4.42 Å². The summed E-state index contributed by atoms with van der Waals surface area (Å²) in [4.78, 5) is 18.9. The van der Waals surface area contributed by atoms with Crippen LogP contribution in [0.5, 0.6) is 0 Å². The van der Waals surface area contributed by atoms with E-state index in [9.17, 15) is 4.79 Å². The van der Waals surface area contributed by atoms with Crippen molar-refractivity contribution in [2.24, 2.45) is 0 Å². The Balaban J connectivity index is 1.49. The number of fused-ring (bicyclic) bond motifs is 1. The van der Waals surface area contributed by atoms with E-state index in [0.717, 1.165) is 17.9 Å². The van der Waals surface area contributed by atoms with Crippen molar-refractivity contribution in [3.05, 3.63) is 88.1 Å². The summed E-state index contributed by atoms with van der Waals surface area (Å²) in [6.07, 6.45) is 5.60. The second-order valence-corrected chi connectivity index (χ2v) is 10.8. The quantitative estimate of drug-likeness (QED) is 0.452. The van der Waals surface area contributed by atoms with Gasteiger partial charge >= 0.3 is 0 Å². The Hall–Kier alpha value is -2.88. The smallest absolute Gasteiger partial charge is 0.289 e. The highest BCUT2D eigenvalue weighted by Crippen LogP contribution is 2.46. The summed E-state index contributed by atoms with van der Waals surface area (Å²) < 4.78 is 6.01. The largest absolute Gasteiger partial charge is 0.456 e. The molecule has 174 valence electrons. The molecule has 0 saturated carbocycles. The van der Waals surface area contributed by atoms with Gasteiger partial charge in [-0.1, -0.05) is 45.9 Å². The fourth-order valence-corrected chi connectivity index (χ4v) is 4.85. The van der Waals surface area contributed by atoms with Crippen molar-refractivity contribution >= 4 is 5.91 Å². The molecule has 0 N–H and O–H groups in total. The molecule has 3 aromatic rings. The molecule has 0 saturated heterocycles. The average molecular weight is 445 g/mol. The van der Waals surface area contributed by atoms with Crippen LogP contribution in [-0.4, -0.2) is 29.4 Å². The molecular weight excluding hydrogens is 408 g/mol. The average Bonchev–Trinajstić information content (AvgIpc) is 3.25. The number of nitrogens with zero attached hydrogens (tertiary/aromatic N) is 2. The van der Waals surface area contributed by atoms with E-state index in [2.05, 4.69) is 51.7 Å². The minimum atomic E-state index is -0.0952. The molecule has 0 aliphatic heterocycles. The number of carbonyl (C=O) groups is 1. The lowest BCUT2D eigenvalue weighted by Gasteiger charge is -2.42. The van der Waals surface area contributed by atoms with Gasteiger partial charge in [0.2, 0.25) is 0 Å². The third kappa shape index (κ3) is 4.90. The lowest BCUT2D eigenvalue weighted by molar-refractivity contribution is 0.0763. The molecule has 0 fully saturated rings. The third-order valence-corrected chi connectivity index (χ3v) is 7.32. The van der Waals surface area contributed by atoms with Gasteiger partial charge in [-0.15, -0.1) is 0 Å². The van der Waals surface area contributed by atoms with Gasteiger partial charge < -0.3 is 9.32 Å². The number of hydrogen-bond acceptors (Lipinski definition) is 3. The number of rotatable bonds is 6. The summed E-state index contributed by atoms with van der Waals surface area (Å²) in [7, 11) is 1.81. The van der Waals surface area contributed by atoms with Crippen LogP contribution < -0.4 is 0 Å². The Bertz CT molecular complexity index is 1140. The second-order valence-electron chi connectivity index (χ2n) is 10.8. The van der Waals surface area contributed by atoms with Crippen LogP contribution in [-0.2, 0) is 23.7 Å². The highest BCUT2D eigenvalue weighted by molar-refractivity contribution is 5.91. The highest BCUT2D eigenvalue weighted by Gasteiger charge is 2.37. The Labute approximate surface area is 198 Å². The minimum Gasteiger partial charge on any atom is -0.456 e. The zero-order valence-electron chi connectivity index (χ0n) is 20.9. The third-order valence-electron chi connectivity index (χ3n) is 7.32. The molecule has 0 radical (unpaired) electrons. The fourth-order valence-electron chi connectivity index (χ4n) is 4.85. The molecule has 2 heterocycles. The van der Waals surface area contributed by atoms with Crippen molar-refractivity contribution in [1.82, 2.24) is 9.88 Å². The second kappa shape index (κ2) is 8.81. The summed E-state index contributed by atoms with van der Waals surface area (Å²) in [5.74, 6) is 1.13. The number of aryl methyl sites for hydroxylation is 1. The first kappa shape index (κ1) is 23.3. The van der Waals surface area contributed by atoms with Gasteiger partial charge in [0.15, 0.2) is 5.76 Å². The molecule has 4 heteroatoms. The van der Waals surface area contributed by atoms with Crippen LogP contribution in [0.2, 0.25) is 0 Å². The van der Waals surface area contributed by atoms with Gasteiger partial charge in [0, 0.05) is 38.3 Å². The molecule has 1 amide bonds. The van der Waals surface area contributed by atoms with E-state index in [-0.39, 0.29) is 16.7 Å². The molecule has 1 aliphatic rings. The molecular formula is C29H36N2O2. The van der Waals surface area contributed by atoms with Gasteiger partial charge in [-0.05, 0) is 77.1 Å². The summed E-state index contributed by atoms with van der Waals surface area (Å²) >= 11 is 0.